The zero-order valence-corrected chi connectivity index (χ0v) is 16.4. The Morgan fingerprint density at radius 3 is 2.67 bits per heavy atom. The minimum absolute atomic E-state index is 0.0298. The summed E-state index contributed by atoms with van der Waals surface area (Å²) in [7, 11) is 0. The van der Waals surface area contributed by atoms with E-state index < -0.39 is 5.97 Å². The molecule has 1 amide bonds. The first-order valence-corrected chi connectivity index (χ1v) is 10.3. The lowest BCUT2D eigenvalue weighted by Crippen LogP contribution is -2.12. The third-order valence-electron chi connectivity index (χ3n) is 6.56. The zero-order valence-electron chi connectivity index (χ0n) is 16.4. The van der Waals surface area contributed by atoms with Gasteiger partial charge in [0.2, 0.25) is 0 Å². The molecule has 1 aliphatic heterocycles. The van der Waals surface area contributed by atoms with Gasteiger partial charge in [-0.05, 0) is 41.2 Å². The molecule has 5 nitrogen and oxygen atoms in total. The fourth-order valence-corrected chi connectivity index (χ4v) is 5.36. The van der Waals surface area contributed by atoms with Crippen LogP contribution >= 0.6 is 0 Å². The van der Waals surface area contributed by atoms with Crippen LogP contribution < -0.4 is 5.32 Å². The number of carboxylic acids is 1. The third-order valence-corrected chi connectivity index (χ3v) is 6.56. The summed E-state index contributed by atoms with van der Waals surface area (Å²) in [5, 5.41) is 14.4. The Hall–Kier alpha value is -3.60. The zero-order chi connectivity index (χ0) is 20.4. The first kappa shape index (κ1) is 17.3. The normalized spacial score (nSPS) is 14.5. The van der Waals surface area contributed by atoms with Gasteiger partial charge in [0.05, 0.1) is 17.5 Å². The van der Waals surface area contributed by atoms with E-state index in [1.807, 2.05) is 24.3 Å². The van der Waals surface area contributed by atoms with Crippen molar-refractivity contribution >= 4 is 33.7 Å². The van der Waals surface area contributed by atoms with Gasteiger partial charge in [-0.25, -0.2) is 0 Å². The fraction of sp³-hybridized carbons (Fsp3) is 0.200. The van der Waals surface area contributed by atoms with E-state index in [-0.39, 0.29) is 12.3 Å². The Balaban J connectivity index is 1.84. The van der Waals surface area contributed by atoms with Crippen LogP contribution in [0, 0.1) is 0 Å². The van der Waals surface area contributed by atoms with E-state index in [4.69, 9.17) is 0 Å². The predicted molar refractivity (Wildman–Crippen MR) is 116 cm³/mol. The van der Waals surface area contributed by atoms with Gasteiger partial charge >= 0.3 is 5.97 Å². The van der Waals surface area contributed by atoms with Crippen LogP contribution in [0.1, 0.15) is 33.5 Å². The highest BCUT2D eigenvalue weighted by Crippen LogP contribution is 2.47. The lowest BCUT2D eigenvalue weighted by atomic mass is 9.80. The van der Waals surface area contributed by atoms with Crippen molar-refractivity contribution in [1.29, 1.82) is 0 Å². The van der Waals surface area contributed by atoms with Crippen molar-refractivity contribution in [2.75, 3.05) is 0 Å². The van der Waals surface area contributed by atoms with Crippen molar-refractivity contribution in [3.05, 3.63) is 70.8 Å². The van der Waals surface area contributed by atoms with Gasteiger partial charge in [-0.2, -0.15) is 0 Å². The summed E-state index contributed by atoms with van der Waals surface area (Å²) in [4.78, 5) is 24.3. The molecule has 0 spiro atoms. The number of aliphatic carboxylic acids is 1. The molecule has 2 aliphatic rings. The maximum Gasteiger partial charge on any atom is 0.305 e. The van der Waals surface area contributed by atoms with Crippen LogP contribution in [0.4, 0.5) is 0 Å². The van der Waals surface area contributed by atoms with Crippen LogP contribution in [0.25, 0.3) is 32.9 Å². The number of carboxylic acid groups (broad SMARTS) is 1. The first-order valence-electron chi connectivity index (χ1n) is 10.3. The summed E-state index contributed by atoms with van der Waals surface area (Å²) in [5.74, 6) is -0.855. The molecular weight excluding hydrogens is 376 g/mol. The number of aromatic nitrogens is 1. The number of benzene rings is 3. The van der Waals surface area contributed by atoms with Gasteiger partial charge in [0.1, 0.15) is 0 Å². The molecule has 3 aromatic carbocycles. The molecule has 30 heavy (non-hydrogen) atoms. The maximum atomic E-state index is 12.9. The lowest BCUT2D eigenvalue weighted by Gasteiger charge is -2.24. The Labute approximate surface area is 172 Å². The number of para-hydroxylation sites is 1. The van der Waals surface area contributed by atoms with Crippen molar-refractivity contribution in [2.24, 2.45) is 0 Å². The van der Waals surface area contributed by atoms with Crippen molar-refractivity contribution in [3.8, 4) is 11.1 Å². The molecule has 0 atom stereocenters. The number of nitrogens with one attached hydrogen (secondary N) is 1. The van der Waals surface area contributed by atoms with E-state index in [0.29, 0.717) is 13.1 Å². The van der Waals surface area contributed by atoms with Gasteiger partial charge in [-0.15, -0.1) is 0 Å². The standard InChI is InChI=1S/C25H20N2O3/c28-20(29)11-12-27-19-8-4-3-7-17(19)22-23-18(13-26-25(23)30)16-10-9-14-5-1-2-6-15(14)21(16)24(22)27/h1-8H,9-13H2,(H,26,30)(H,28,29). The van der Waals surface area contributed by atoms with E-state index in [0.717, 1.165) is 45.8 Å². The largest absolute Gasteiger partial charge is 0.481 e. The van der Waals surface area contributed by atoms with Crippen LogP contribution in [-0.2, 0) is 30.7 Å². The Morgan fingerprint density at radius 2 is 1.80 bits per heavy atom. The molecule has 2 N–H and O–H groups in total. The van der Waals surface area contributed by atoms with Crippen molar-refractivity contribution < 1.29 is 14.7 Å². The van der Waals surface area contributed by atoms with Crippen LogP contribution in [-0.4, -0.2) is 21.6 Å². The number of fused-ring (bicyclic) bond motifs is 10. The van der Waals surface area contributed by atoms with Gasteiger partial charge in [0, 0.05) is 34.9 Å². The van der Waals surface area contributed by atoms with Gasteiger partial charge < -0.3 is 15.0 Å². The first-order chi connectivity index (χ1) is 14.6. The molecule has 0 unspecified atom stereocenters. The average Bonchev–Trinajstić information content (AvgIpc) is 3.30. The molecule has 4 aromatic rings. The molecule has 2 heterocycles. The average molecular weight is 396 g/mol. The molecular formula is C25H20N2O3. The summed E-state index contributed by atoms with van der Waals surface area (Å²) in [6.07, 6.45) is 1.87. The van der Waals surface area contributed by atoms with Crippen LogP contribution in [0.15, 0.2) is 48.5 Å². The summed E-state index contributed by atoms with van der Waals surface area (Å²) in [6, 6.07) is 16.5. The van der Waals surface area contributed by atoms with E-state index in [1.54, 1.807) is 0 Å². The predicted octanol–water partition coefficient (Wildman–Crippen LogP) is 4.28. The number of aryl methyl sites for hydroxylation is 2. The molecule has 6 rings (SSSR count). The molecule has 0 bridgehead atoms. The molecule has 0 saturated heterocycles. The fourth-order valence-electron chi connectivity index (χ4n) is 5.36. The monoisotopic (exact) mass is 396 g/mol. The van der Waals surface area contributed by atoms with Gasteiger partial charge in [-0.3, -0.25) is 9.59 Å². The van der Waals surface area contributed by atoms with E-state index in [2.05, 4.69) is 34.1 Å². The highest BCUT2D eigenvalue weighted by Gasteiger charge is 2.33. The number of nitrogens with zero attached hydrogens (tertiary/aromatic N) is 1. The number of hydrogen-bond acceptors (Lipinski definition) is 2. The van der Waals surface area contributed by atoms with Gasteiger partial charge in [-0.1, -0.05) is 42.5 Å². The summed E-state index contributed by atoms with van der Waals surface area (Å²) >= 11 is 0. The van der Waals surface area contributed by atoms with Crippen LogP contribution in [0.3, 0.4) is 0 Å². The van der Waals surface area contributed by atoms with Crippen LogP contribution in [0.2, 0.25) is 0 Å². The second-order valence-electron chi connectivity index (χ2n) is 8.08. The molecule has 1 aromatic heterocycles. The van der Waals surface area contributed by atoms with Crippen molar-refractivity contribution in [1.82, 2.24) is 9.88 Å². The van der Waals surface area contributed by atoms with E-state index in [1.165, 1.54) is 22.3 Å². The second kappa shape index (κ2) is 6.20. The molecule has 0 fully saturated rings. The van der Waals surface area contributed by atoms with Crippen molar-refractivity contribution in [2.45, 2.75) is 32.4 Å². The van der Waals surface area contributed by atoms with Crippen molar-refractivity contribution in [3.63, 3.8) is 0 Å². The van der Waals surface area contributed by atoms with Gasteiger partial charge in [0.15, 0.2) is 0 Å². The smallest absolute Gasteiger partial charge is 0.305 e. The minimum Gasteiger partial charge on any atom is -0.481 e. The minimum atomic E-state index is -0.825. The number of hydrogen-bond donors (Lipinski definition) is 2. The Bertz CT molecular complexity index is 1400. The quantitative estimate of drug-likeness (QED) is 0.543. The highest BCUT2D eigenvalue weighted by atomic mass is 16.4. The van der Waals surface area contributed by atoms with E-state index >= 15 is 0 Å². The summed E-state index contributed by atoms with van der Waals surface area (Å²) in [6.45, 7) is 0.928. The highest BCUT2D eigenvalue weighted by molar-refractivity contribution is 6.23. The molecule has 5 heteroatoms. The summed E-state index contributed by atoms with van der Waals surface area (Å²) in [5.41, 5.74) is 8.76. The Kier molecular flexibility index (Phi) is 3.57. The number of carbonyl (C=O) groups is 2. The number of carbonyl (C=O) groups excluding carboxylic acids is 1. The van der Waals surface area contributed by atoms with Gasteiger partial charge in [0.25, 0.3) is 5.91 Å². The molecule has 1 aliphatic carbocycles. The molecule has 0 radical (unpaired) electrons. The van der Waals surface area contributed by atoms with E-state index in [9.17, 15) is 14.7 Å². The summed E-state index contributed by atoms with van der Waals surface area (Å²) < 4.78 is 2.12. The second-order valence-corrected chi connectivity index (χ2v) is 8.08. The SMILES string of the molecule is O=C(O)CCn1c2ccccc2c2c3c(c4c(c21)-c1ccccc1CC4)CNC3=O. The maximum absolute atomic E-state index is 12.9. The molecule has 148 valence electrons. The van der Waals surface area contributed by atoms with Crippen LogP contribution in [0.5, 0.6) is 0 Å². The number of amides is 1. The third kappa shape index (κ3) is 2.23. The Morgan fingerprint density at radius 1 is 1.00 bits per heavy atom. The lowest BCUT2D eigenvalue weighted by molar-refractivity contribution is -0.137. The number of rotatable bonds is 3. The topological polar surface area (TPSA) is 71.3 Å². The molecule has 0 saturated carbocycles.